The maximum Gasteiger partial charge on any atom is 0.258 e. The van der Waals surface area contributed by atoms with E-state index in [1.807, 2.05) is 36.4 Å². The number of halogens is 1. The average molecular weight is 318 g/mol. The van der Waals surface area contributed by atoms with Gasteiger partial charge in [0.1, 0.15) is 0 Å². The van der Waals surface area contributed by atoms with Crippen LogP contribution in [-0.2, 0) is 11.2 Å². The first kappa shape index (κ1) is 13.5. The fraction of sp³-hybridized carbons (Fsp3) is 0.0667. The molecule has 0 aliphatic carbocycles. The number of hydrogen-bond acceptors (Lipinski definition) is 2. The smallest absolute Gasteiger partial charge is 0.258 e. The Balaban J connectivity index is 2.00. The molecule has 4 heteroatoms. The molecule has 96 valence electrons. The third kappa shape index (κ3) is 3.76. The zero-order valence-corrected chi connectivity index (χ0v) is 11.7. The highest BCUT2D eigenvalue weighted by molar-refractivity contribution is 9.10. The SMILES string of the molecule is O=C(Cc1ccccc1)NC(=O)c1ccccc1Br. The van der Waals surface area contributed by atoms with Crippen LogP contribution in [0.4, 0.5) is 0 Å². The molecule has 3 nitrogen and oxygen atoms in total. The van der Waals surface area contributed by atoms with Gasteiger partial charge in [0.05, 0.1) is 12.0 Å². The minimum Gasteiger partial charge on any atom is -0.292 e. The van der Waals surface area contributed by atoms with Crippen molar-refractivity contribution in [2.45, 2.75) is 6.42 Å². The van der Waals surface area contributed by atoms with E-state index in [4.69, 9.17) is 0 Å². The standard InChI is InChI=1S/C15H12BrNO2/c16-13-9-5-4-8-12(13)15(19)17-14(18)10-11-6-2-1-3-7-11/h1-9H,10H2,(H,17,18,19). The Morgan fingerprint density at radius 3 is 2.26 bits per heavy atom. The van der Waals surface area contributed by atoms with Gasteiger partial charge in [0.15, 0.2) is 0 Å². The highest BCUT2D eigenvalue weighted by Crippen LogP contribution is 2.15. The van der Waals surface area contributed by atoms with Crippen LogP contribution >= 0.6 is 15.9 Å². The molecular weight excluding hydrogens is 306 g/mol. The van der Waals surface area contributed by atoms with Gasteiger partial charge >= 0.3 is 0 Å². The molecule has 0 aromatic heterocycles. The van der Waals surface area contributed by atoms with Crippen LogP contribution in [-0.4, -0.2) is 11.8 Å². The number of imide groups is 1. The Morgan fingerprint density at radius 2 is 1.58 bits per heavy atom. The van der Waals surface area contributed by atoms with Crippen LogP contribution in [0.3, 0.4) is 0 Å². The second-order valence-electron chi connectivity index (χ2n) is 4.02. The van der Waals surface area contributed by atoms with E-state index < -0.39 is 5.91 Å². The van der Waals surface area contributed by atoms with Crippen molar-refractivity contribution < 1.29 is 9.59 Å². The summed E-state index contributed by atoms with van der Waals surface area (Å²) in [5.41, 5.74) is 1.32. The van der Waals surface area contributed by atoms with Crippen molar-refractivity contribution in [1.82, 2.24) is 5.32 Å². The molecule has 0 atom stereocenters. The molecular formula is C15H12BrNO2. The number of nitrogens with one attached hydrogen (secondary N) is 1. The fourth-order valence-electron chi connectivity index (χ4n) is 1.66. The number of carbonyl (C=O) groups is 2. The Kier molecular flexibility index (Phi) is 4.47. The van der Waals surface area contributed by atoms with E-state index in [0.717, 1.165) is 5.56 Å². The number of amides is 2. The summed E-state index contributed by atoms with van der Waals surface area (Å²) in [6.45, 7) is 0. The molecule has 0 aliphatic rings. The first-order chi connectivity index (χ1) is 9.16. The monoisotopic (exact) mass is 317 g/mol. The van der Waals surface area contributed by atoms with Gasteiger partial charge in [0.25, 0.3) is 5.91 Å². The molecule has 1 N–H and O–H groups in total. The molecule has 0 saturated carbocycles. The molecule has 19 heavy (non-hydrogen) atoms. The third-order valence-electron chi connectivity index (χ3n) is 2.58. The molecule has 2 aromatic rings. The van der Waals surface area contributed by atoms with E-state index in [2.05, 4.69) is 21.2 Å². The van der Waals surface area contributed by atoms with Crippen LogP contribution in [0.1, 0.15) is 15.9 Å². The molecule has 2 rings (SSSR count). The molecule has 0 radical (unpaired) electrons. The minimum atomic E-state index is -0.395. The Bertz CT molecular complexity index is 596. The summed E-state index contributed by atoms with van der Waals surface area (Å²) in [6, 6.07) is 16.3. The van der Waals surface area contributed by atoms with Crippen LogP contribution in [0.2, 0.25) is 0 Å². The molecule has 0 saturated heterocycles. The summed E-state index contributed by atoms with van der Waals surface area (Å²) in [6.07, 6.45) is 0.192. The lowest BCUT2D eigenvalue weighted by molar-refractivity contribution is -0.119. The zero-order valence-electron chi connectivity index (χ0n) is 10.1. The summed E-state index contributed by atoms with van der Waals surface area (Å²) in [5.74, 6) is -0.708. The van der Waals surface area contributed by atoms with Crippen molar-refractivity contribution in [2.24, 2.45) is 0 Å². The second kappa shape index (κ2) is 6.29. The van der Waals surface area contributed by atoms with E-state index in [9.17, 15) is 9.59 Å². The predicted octanol–water partition coefficient (Wildman–Crippen LogP) is 2.95. The number of benzene rings is 2. The first-order valence-electron chi connectivity index (χ1n) is 5.79. The third-order valence-corrected chi connectivity index (χ3v) is 3.27. The van der Waals surface area contributed by atoms with E-state index in [-0.39, 0.29) is 12.3 Å². The lowest BCUT2D eigenvalue weighted by Gasteiger charge is -2.05. The van der Waals surface area contributed by atoms with Crippen molar-refractivity contribution in [1.29, 1.82) is 0 Å². The van der Waals surface area contributed by atoms with Crippen molar-refractivity contribution in [3.63, 3.8) is 0 Å². The van der Waals surface area contributed by atoms with Gasteiger partial charge in [-0.05, 0) is 33.6 Å². The molecule has 0 bridgehead atoms. The molecule has 0 spiro atoms. The Hall–Kier alpha value is -1.94. The van der Waals surface area contributed by atoms with E-state index in [1.165, 1.54) is 0 Å². The molecule has 0 unspecified atom stereocenters. The summed E-state index contributed by atoms with van der Waals surface area (Å²) >= 11 is 3.28. The quantitative estimate of drug-likeness (QED) is 0.946. The molecule has 2 amide bonds. The van der Waals surface area contributed by atoms with Gasteiger partial charge in [-0.1, -0.05) is 42.5 Å². The van der Waals surface area contributed by atoms with Crippen molar-refractivity contribution in [2.75, 3.05) is 0 Å². The van der Waals surface area contributed by atoms with Gasteiger partial charge in [-0.25, -0.2) is 0 Å². The summed E-state index contributed by atoms with van der Waals surface area (Å²) < 4.78 is 0.667. The van der Waals surface area contributed by atoms with Gasteiger partial charge in [0, 0.05) is 4.47 Å². The van der Waals surface area contributed by atoms with Crippen LogP contribution in [0.5, 0.6) is 0 Å². The van der Waals surface area contributed by atoms with Gasteiger partial charge < -0.3 is 0 Å². The zero-order chi connectivity index (χ0) is 13.7. The molecule has 0 fully saturated rings. The van der Waals surface area contributed by atoms with Crippen molar-refractivity contribution in [3.05, 3.63) is 70.2 Å². The largest absolute Gasteiger partial charge is 0.292 e. The van der Waals surface area contributed by atoms with E-state index >= 15 is 0 Å². The topological polar surface area (TPSA) is 46.2 Å². The maximum atomic E-state index is 11.9. The summed E-state index contributed by atoms with van der Waals surface area (Å²) in [5, 5.41) is 2.38. The average Bonchev–Trinajstić information content (AvgIpc) is 2.40. The van der Waals surface area contributed by atoms with Gasteiger partial charge in [0.2, 0.25) is 5.91 Å². The Morgan fingerprint density at radius 1 is 0.947 bits per heavy atom. The number of carbonyl (C=O) groups excluding carboxylic acids is 2. The highest BCUT2D eigenvalue weighted by Gasteiger charge is 2.12. The molecule has 0 heterocycles. The van der Waals surface area contributed by atoms with Crippen LogP contribution < -0.4 is 5.32 Å². The fourth-order valence-corrected chi connectivity index (χ4v) is 2.13. The van der Waals surface area contributed by atoms with Crippen LogP contribution in [0.15, 0.2) is 59.1 Å². The van der Waals surface area contributed by atoms with Gasteiger partial charge in [-0.2, -0.15) is 0 Å². The summed E-state index contributed by atoms with van der Waals surface area (Å²) in [4.78, 5) is 23.7. The lowest BCUT2D eigenvalue weighted by Crippen LogP contribution is -2.31. The van der Waals surface area contributed by atoms with Crippen molar-refractivity contribution >= 4 is 27.7 Å². The van der Waals surface area contributed by atoms with Gasteiger partial charge in [-0.15, -0.1) is 0 Å². The second-order valence-corrected chi connectivity index (χ2v) is 4.87. The highest BCUT2D eigenvalue weighted by atomic mass is 79.9. The minimum absolute atomic E-state index is 0.192. The summed E-state index contributed by atoms with van der Waals surface area (Å²) in [7, 11) is 0. The van der Waals surface area contributed by atoms with Crippen LogP contribution in [0.25, 0.3) is 0 Å². The first-order valence-corrected chi connectivity index (χ1v) is 6.59. The lowest BCUT2D eigenvalue weighted by atomic mass is 10.1. The normalized spacial score (nSPS) is 9.95. The molecule has 2 aromatic carbocycles. The van der Waals surface area contributed by atoms with E-state index in [1.54, 1.807) is 18.2 Å². The number of rotatable bonds is 3. The number of hydrogen-bond donors (Lipinski definition) is 1. The molecule has 0 aliphatic heterocycles. The van der Waals surface area contributed by atoms with Gasteiger partial charge in [-0.3, -0.25) is 14.9 Å². The maximum absolute atomic E-state index is 11.9. The van der Waals surface area contributed by atoms with Crippen molar-refractivity contribution in [3.8, 4) is 0 Å². The predicted molar refractivity (Wildman–Crippen MR) is 76.8 cm³/mol. The van der Waals surface area contributed by atoms with E-state index in [0.29, 0.717) is 10.0 Å². The van der Waals surface area contributed by atoms with Crippen LogP contribution in [0, 0.1) is 0 Å². The Labute approximate surface area is 119 Å².